The minimum atomic E-state index is -0.713. The number of hydrogen-bond acceptors (Lipinski definition) is 4. The van der Waals surface area contributed by atoms with Gasteiger partial charge in [0.2, 0.25) is 11.8 Å². The minimum Gasteiger partial charge on any atom is -0.497 e. The van der Waals surface area contributed by atoms with Gasteiger partial charge in [0.1, 0.15) is 11.8 Å². The van der Waals surface area contributed by atoms with Crippen molar-refractivity contribution < 1.29 is 14.3 Å². The van der Waals surface area contributed by atoms with Gasteiger partial charge in [-0.3, -0.25) is 14.5 Å². The molecule has 0 saturated heterocycles. The monoisotopic (exact) mass is 471 g/mol. The third kappa shape index (κ3) is 6.01. The molecule has 2 N–H and O–H groups in total. The Kier molecular flexibility index (Phi) is 8.11. The normalized spacial score (nSPS) is 11.7. The van der Waals surface area contributed by atoms with Crippen LogP contribution in [0.15, 0.2) is 72.8 Å². The summed E-state index contributed by atoms with van der Waals surface area (Å²) in [6.45, 7) is -0.0629. The number of likely N-dealkylation sites (N-methyl/N-ethyl adjacent to an activating group) is 1. The van der Waals surface area contributed by atoms with E-state index >= 15 is 0 Å². The number of amides is 2. The molecule has 0 aliphatic rings. The van der Waals surface area contributed by atoms with Crippen LogP contribution in [-0.2, 0) is 9.59 Å². The first kappa shape index (κ1) is 23.6. The first-order chi connectivity index (χ1) is 15.4. The van der Waals surface area contributed by atoms with E-state index < -0.39 is 6.04 Å². The van der Waals surface area contributed by atoms with Crippen LogP contribution in [0, 0.1) is 0 Å². The van der Waals surface area contributed by atoms with Crippen molar-refractivity contribution >= 4 is 46.4 Å². The van der Waals surface area contributed by atoms with E-state index in [-0.39, 0.29) is 18.4 Å². The number of carbonyl (C=O) groups excluding carboxylic acids is 2. The maximum atomic E-state index is 13.2. The van der Waals surface area contributed by atoms with E-state index in [1.165, 1.54) is 0 Å². The number of rotatable bonds is 8. The molecule has 0 radical (unpaired) electrons. The van der Waals surface area contributed by atoms with Crippen LogP contribution in [0.3, 0.4) is 0 Å². The van der Waals surface area contributed by atoms with Gasteiger partial charge >= 0.3 is 0 Å². The van der Waals surface area contributed by atoms with Crippen LogP contribution in [0.5, 0.6) is 5.75 Å². The number of ether oxygens (including phenoxy) is 1. The Morgan fingerprint density at radius 3 is 2.25 bits per heavy atom. The maximum Gasteiger partial charge on any atom is 0.246 e. The van der Waals surface area contributed by atoms with Gasteiger partial charge in [0.25, 0.3) is 0 Å². The molecular formula is C24H23Cl2N3O3. The molecule has 166 valence electrons. The molecule has 1 unspecified atom stereocenters. The Bertz CT molecular complexity index is 1070. The lowest BCUT2D eigenvalue weighted by Gasteiger charge is -2.27. The molecule has 0 saturated carbocycles. The number of anilines is 2. The first-order valence-corrected chi connectivity index (χ1v) is 10.6. The molecule has 0 aliphatic carbocycles. The molecule has 0 aliphatic heterocycles. The molecule has 6 nitrogen and oxygen atoms in total. The predicted molar refractivity (Wildman–Crippen MR) is 129 cm³/mol. The van der Waals surface area contributed by atoms with E-state index in [2.05, 4.69) is 10.6 Å². The van der Waals surface area contributed by atoms with Crippen molar-refractivity contribution in [3.05, 3.63) is 88.4 Å². The average Bonchev–Trinajstić information content (AvgIpc) is 2.77. The fraction of sp³-hybridized carbons (Fsp3) is 0.167. The fourth-order valence-electron chi connectivity index (χ4n) is 3.27. The summed E-state index contributed by atoms with van der Waals surface area (Å²) in [6.07, 6.45) is 0. The second kappa shape index (κ2) is 11.0. The number of hydrogen-bond donors (Lipinski definition) is 2. The Labute approximate surface area is 197 Å². The van der Waals surface area contributed by atoms with Gasteiger partial charge < -0.3 is 15.4 Å². The van der Waals surface area contributed by atoms with Crippen LogP contribution in [0.2, 0.25) is 10.0 Å². The molecule has 0 heterocycles. The number of para-hydroxylation sites is 1. The average molecular weight is 472 g/mol. The van der Waals surface area contributed by atoms with Crippen molar-refractivity contribution in [1.29, 1.82) is 0 Å². The van der Waals surface area contributed by atoms with E-state index in [1.807, 2.05) is 30.3 Å². The minimum absolute atomic E-state index is 0.0629. The standard InChI is InChI=1S/C24H23Cl2N3O3/c1-29(15-21(30)28-22-19(25)12-7-13-20(22)26)23(16-8-4-3-5-9-16)24(31)27-17-10-6-11-18(14-17)32-2/h3-14,23H,15H2,1-2H3,(H,27,31)(H,28,30). The molecule has 1 atom stereocenters. The highest BCUT2D eigenvalue weighted by atomic mass is 35.5. The van der Waals surface area contributed by atoms with E-state index in [9.17, 15) is 9.59 Å². The number of methoxy groups -OCH3 is 1. The van der Waals surface area contributed by atoms with Gasteiger partial charge in [-0.25, -0.2) is 0 Å². The number of nitrogens with zero attached hydrogens (tertiary/aromatic N) is 1. The van der Waals surface area contributed by atoms with Crippen LogP contribution >= 0.6 is 23.2 Å². The lowest BCUT2D eigenvalue weighted by Crippen LogP contribution is -2.39. The van der Waals surface area contributed by atoms with Gasteiger partial charge in [0.15, 0.2) is 0 Å². The SMILES string of the molecule is COc1cccc(NC(=O)C(c2ccccc2)N(C)CC(=O)Nc2c(Cl)cccc2Cl)c1. The van der Waals surface area contributed by atoms with Gasteiger partial charge in [0, 0.05) is 11.8 Å². The second-order valence-electron chi connectivity index (χ2n) is 7.09. The third-order valence-electron chi connectivity index (χ3n) is 4.76. The first-order valence-electron chi connectivity index (χ1n) is 9.83. The van der Waals surface area contributed by atoms with Crippen molar-refractivity contribution in [2.45, 2.75) is 6.04 Å². The van der Waals surface area contributed by atoms with Crippen molar-refractivity contribution in [2.75, 3.05) is 31.3 Å². The van der Waals surface area contributed by atoms with Crippen LogP contribution in [-0.4, -0.2) is 37.4 Å². The Hall–Kier alpha value is -3.06. The second-order valence-corrected chi connectivity index (χ2v) is 7.91. The predicted octanol–water partition coefficient (Wildman–Crippen LogP) is 5.25. The molecule has 0 bridgehead atoms. The number of benzene rings is 3. The highest BCUT2D eigenvalue weighted by molar-refractivity contribution is 6.39. The molecule has 8 heteroatoms. The summed E-state index contributed by atoms with van der Waals surface area (Å²) in [5, 5.41) is 6.30. The Morgan fingerprint density at radius 2 is 1.59 bits per heavy atom. The third-order valence-corrected chi connectivity index (χ3v) is 5.39. The lowest BCUT2D eigenvalue weighted by molar-refractivity contribution is -0.123. The van der Waals surface area contributed by atoms with Crippen LogP contribution in [0.25, 0.3) is 0 Å². The Morgan fingerprint density at radius 1 is 0.938 bits per heavy atom. The molecule has 3 aromatic rings. The lowest BCUT2D eigenvalue weighted by atomic mass is 10.0. The number of carbonyl (C=O) groups is 2. The van der Waals surface area contributed by atoms with Crippen LogP contribution in [0.1, 0.15) is 11.6 Å². The molecule has 32 heavy (non-hydrogen) atoms. The van der Waals surface area contributed by atoms with Crippen LogP contribution < -0.4 is 15.4 Å². The number of nitrogens with one attached hydrogen (secondary N) is 2. The largest absolute Gasteiger partial charge is 0.497 e. The van der Waals surface area contributed by atoms with Crippen LogP contribution in [0.4, 0.5) is 11.4 Å². The van der Waals surface area contributed by atoms with E-state index in [0.717, 1.165) is 5.56 Å². The van der Waals surface area contributed by atoms with Gasteiger partial charge in [-0.2, -0.15) is 0 Å². The summed E-state index contributed by atoms with van der Waals surface area (Å²) in [7, 11) is 3.27. The summed E-state index contributed by atoms with van der Waals surface area (Å²) in [6, 6.07) is 20.6. The summed E-state index contributed by atoms with van der Waals surface area (Å²) in [5.41, 5.74) is 1.68. The van der Waals surface area contributed by atoms with Crippen molar-refractivity contribution in [2.24, 2.45) is 0 Å². The van der Waals surface area contributed by atoms with Crippen molar-refractivity contribution in [3.8, 4) is 5.75 Å². The Balaban J connectivity index is 1.79. The van der Waals surface area contributed by atoms with E-state index in [0.29, 0.717) is 27.2 Å². The van der Waals surface area contributed by atoms with Gasteiger partial charge in [0.05, 0.1) is 29.4 Å². The highest BCUT2D eigenvalue weighted by Crippen LogP contribution is 2.30. The summed E-state index contributed by atoms with van der Waals surface area (Å²) >= 11 is 12.3. The van der Waals surface area contributed by atoms with Gasteiger partial charge in [-0.1, -0.05) is 65.7 Å². The fourth-order valence-corrected chi connectivity index (χ4v) is 3.76. The summed E-state index contributed by atoms with van der Waals surface area (Å²) in [5.74, 6) is -0.00319. The smallest absolute Gasteiger partial charge is 0.246 e. The van der Waals surface area contributed by atoms with Gasteiger partial charge in [-0.15, -0.1) is 0 Å². The van der Waals surface area contributed by atoms with Crippen molar-refractivity contribution in [1.82, 2.24) is 4.90 Å². The highest BCUT2D eigenvalue weighted by Gasteiger charge is 2.27. The zero-order valence-electron chi connectivity index (χ0n) is 17.6. The van der Waals surface area contributed by atoms with Crippen molar-refractivity contribution in [3.63, 3.8) is 0 Å². The molecule has 2 amide bonds. The molecule has 0 spiro atoms. The quantitative estimate of drug-likeness (QED) is 0.470. The molecule has 0 aromatic heterocycles. The maximum absolute atomic E-state index is 13.2. The molecule has 0 fully saturated rings. The molecular weight excluding hydrogens is 449 g/mol. The van der Waals surface area contributed by atoms with E-state index in [4.69, 9.17) is 27.9 Å². The molecule has 3 rings (SSSR count). The number of halogens is 2. The summed E-state index contributed by atoms with van der Waals surface area (Å²) in [4.78, 5) is 27.6. The zero-order chi connectivity index (χ0) is 23.1. The molecule has 3 aromatic carbocycles. The van der Waals surface area contributed by atoms with E-state index in [1.54, 1.807) is 61.5 Å². The summed E-state index contributed by atoms with van der Waals surface area (Å²) < 4.78 is 5.22. The zero-order valence-corrected chi connectivity index (χ0v) is 19.2. The van der Waals surface area contributed by atoms with Gasteiger partial charge in [-0.05, 0) is 36.9 Å². The topological polar surface area (TPSA) is 70.7 Å².